The monoisotopic (exact) mass is 428 g/mol. The van der Waals surface area contributed by atoms with Crippen molar-refractivity contribution in [2.24, 2.45) is 5.92 Å². The summed E-state index contributed by atoms with van der Waals surface area (Å²) >= 11 is 0. The summed E-state index contributed by atoms with van der Waals surface area (Å²) in [7, 11) is 0. The molecule has 0 amide bonds. The second-order valence-electron chi connectivity index (χ2n) is 8.08. The first kappa shape index (κ1) is 20.1. The van der Waals surface area contributed by atoms with Gasteiger partial charge >= 0.3 is 5.97 Å². The molecule has 4 aromatic rings. The fraction of sp³-hybridized carbons (Fsp3) is 0.292. The number of aryl methyl sites for hydroxylation is 1. The number of hydrogen-bond donors (Lipinski definition) is 1. The standard InChI is InChI=1S/C24H24N6O2/c1-16-14-21(30-24(26-16)28-22(29-30)18-8-5-13-25-15-18)27-19-9-11-20(12-10-19)32-23(31)17-6-3-2-4-7-17/h5,8-15,17,27H,2-4,6-7H2,1H3. The van der Waals surface area contributed by atoms with Gasteiger partial charge in [0.25, 0.3) is 5.78 Å². The Kier molecular flexibility index (Phi) is 5.49. The lowest BCUT2D eigenvalue weighted by Crippen LogP contribution is -2.22. The maximum Gasteiger partial charge on any atom is 0.314 e. The summed E-state index contributed by atoms with van der Waals surface area (Å²) in [6.45, 7) is 1.91. The van der Waals surface area contributed by atoms with Crippen LogP contribution in [0.15, 0.2) is 54.9 Å². The third kappa shape index (κ3) is 4.30. The molecule has 8 heteroatoms. The lowest BCUT2D eigenvalue weighted by Gasteiger charge is -2.19. The highest BCUT2D eigenvalue weighted by molar-refractivity contribution is 5.75. The minimum atomic E-state index is -0.123. The zero-order chi connectivity index (χ0) is 21.9. The first-order valence-electron chi connectivity index (χ1n) is 10.9. The minimum absolute atomic E-state index is 0.0240. The smallest absolute Gasteiger partial charge is 0.314 e. The molecule has 162 valence electrons. The number of anilines is 2. The van der Waals surface area contributed by atoms with Gasteiger partial charge in [-0.25, -0.2) is 4.98 Å². The van der Waals surface area contributed by atoms with E-state index in [1.807, 2.05) is 37.3 Å². The van der Waals surface area contributed by atoms with E-state index in [-0.39, 0.29) is 11.9 Å². The molecule has 32 heavy (non-hydrogen) atoms. The van der Waals surface area contributed by atoms with E-state index < -0.39 is 0 Å². The summed E-state index contributed by atoms with van der Waals surface area (Å²) < 4.78 is 7.26. The Morgan fingerprint density at radius 3 is 2.66 bits per heavy atom. The minimum Gasteiger partial charge on any atom is -0.426 e. The summed E-state index contributed by atoms with van der Waals surface area (Å²) in [6, 6.07) is 13.0. The maximum atomic E-state index is 12.4. The molecule has 1 saturated carbocycles. The van der Waals surface area contributed by atoms with E-state index >= 15 is 0 Å². The molecule has 1 aliphatic carbocycles. The largest absolute Gasteiger partial charge is 0.426 e. The molecule has 0 radical (unpaired) electrons. The number of esters is 1. The number of aromatic nitrogens is 5. The van der Waals surface area contributed by atoms with Gasteiger partial charge in [-0.05, 0) is 56.2 Å². The van der Waals surface area contributed by atoms with Gasteiger partial charge in [-0.2, -0.15) is 9.50 Å². The Labute approximate surface area is 185 Å². The predicted octanol–water partition coefficient (Wildman–Crippen LogP) is 4.72. The third-order valence-electron chi connectivity index (χ3n) is 5.64. The molecular weight excluding hydrogens is 404 g/mol. The molecule has 1 N–H and O–H groups in total. The molecule has 0 aliphatic heterocycles. The van der Waals surface area contributed by atoms with Crippen LogP contribution in [0.1, 0.15) is 37.8 Å². The van der Waals surface area contributed by atoms with E-state index in [2.05, 4.69) is 25.4 Å². The SMILES string of the molecule is Cc1cc(Nc2ccc(OC(=O)C3CCCCC3)cc2)n2nc(-c3cccnc3)nc2n1. The number of nitrogens with one attached hydrogen (secondary N) is 1. The number of ether oxygens (including phenoxy) is 1. The number of carbonyl (C=O) groups excluding carboxylic acids is 1. The number of carbonyl (C=O) groups is 1. The van der Waals surface area contributed by atoms with Crippen molar-refractivity contribution in [3.05, 3.63) is 60.6 Å². The van der Waals surface area contributed by atoms with Crippen LogP contribution in [-0.2, 0) is 4.79 Å². The normalized spacial score (nSPS) is 14.4. The van der Waals surface area contributed by atoms with E-state index in [1.165, 1.54) is 6.42 Å². The van der Waals surface area contributed by atoms with Gasteiger partial charge in [0.05, 0.1) is 5.92 Å². The maximum absolute atomic E-state index is 12.4. The number of benzene rings is 1. The van der Waals surface area contributed by atoms with Gasteiger partial charge < -0.3 is 10.1 Å². The Hall–Kier alpha value is -3.81. The second kappa shape index (κ2) is 8.74. The van der Waals surface area contributed by atoms with Crippen molar-refractivity contribution in [1.82, 2.24) is 24.6 Å². The van der Waals surface area contributed by atoms with Gasteiger partial charge in [0.2, 0.25) is 0 Å². The highest BCUT2D eigenvalue weighted by Gasteiger charge is 2.23. The summed E-state index contributed by atoms with van der Waals surface area (Å²) in [5.74, 6) is 2.26. The van der Waals surface area contributed by atoms with E-state index in [4.69, 9.17) is 4.74 Å². The van der Waals surface area contributed by atoms with Gasteiger partial charge in [0, 0.05) is 35.4 Å². The molecule has 3 heterocycles. The van der Waals surface area contributed by atoms with E-state index in [0.29, 0.717) is 17.4 Å². The van der Waals surface area contributed by atoms with Crippen molar-refractivity contribution < 1.29 is 9.53 Å². The van der Waals surface area contributed by atoms with Crippen molar-refractivity contribution in [2.75, 3.05) is 5.32 Å². The fourth-order valence-electron chi connectivity index (χ4n) is 3.99. The van der Waals surface area contributed by atoms with E-state index in [9.17, 15) is 4.79 Å². The van der Waals surface area contributed by atoms with Crippen LogP contribution in [-0.4, -0.2) is 30.5 Å². The first-order chi connectivity index (χ1) is 15.7. The molecule has 0 spiro atoms. The lowest BCUT2D eigenvalue weighted by molar-refractivity contribution is -0.139. The Bertz CT molecular complexity index is 1230. The molecular formula is C24H24N6O2. The zero-order valence-corrected chi connectivity index (χ0v) is 17.9. The average molecular weight is 428 g/mol. The summed E-state index contributed by atoms with van der Waals surface area (Å²) in [4.78, 5) is 25.5. The number of fused-ring (bicyclic) bond motifs is 1. The number of pyridine rings is 1. The second-order valence-corrected chi connectivity index (χ2v) is 8.08. The number of hydrogen-bond acceptors (Lipinski definition) is 7. The van der Waals surface area contributed by atoms with Crippen LogP contribution in [0.3, 0.4) is 0 Å². The summed E-state index contributed by atoms with van der Waals surface area (Å²) in [5, 5.41) is 7.96. The van der Waals surface area contributed by atoms with Gasteiger partial charge in [0.1, 0.15) is 11.6 Å². The van der Waals surface area contributed by atoms with Crippen LogP contribution in [0.25, 0.3) is 17.2 Å². The van der Waals surface area contributed by atoms with Gasteiger partial charge in [-0.3, -0.25) is 9.78 Å². The molecule has 1 fully saturated rings. The first-order valence-corrected chi connectivity index (χ1v) is 10.9. The van der Waals surface area contributed by atoms with Crippen molar-refractivity contribution in [3.8, 4) is 17.1 Å². The fourth-order valence-corrected chi connectivity index (χ4v) is 3.99. The van der Waals surface area contributed by atoms with Gasteiger partial charge in [0.15, 0.2) is 5.82 Å². The highest BCUT2D eigenvalue weighted by atomic mass is 16.5. The molecule has 0 bridgehead atoms. The lowest BCUT2D eigenvalue weighted by atomic mass is 9.89. The van der Waals surface area contributed by atoms with Crippen molar-refractivity contribution in [1.29, 1.82) is 0 Å². The molecule has 3 aromatic heterocycles. The molecule has 0 unspecified atom stereocenters. The number of rotatable bonds is 5. The third-order valence-corrected chi connectivity index (χ3v) is 5.64. The predicted molar refractivity (Wildman–Crippen MR) is 121 cm³/mol. The van der Waals surface area contributed by atoms with Gasteiger partial charge in [-0.15, -0.1) is 5.10 Å². The molecule has 8 nitrogen and oxygen atoms in total. The summed E-state index contributed by atoms with van der Waals surface area (Å²) in [6.07, 6.45) is 8.71. The van der Waals surface area contributed by atoms with Crippen LogP contribution in [0.5, 0.6) is 5.75 Å². The topological polar surface area (TPSA) is 94.3 Å². The summed E-state index contributed by atoms with van der Waals surface area (Å²) in [5.41, 5.74) is 2.49. The Morgan fingerprint density at radius 2 is 1.91 bits per heavy atom. The van der Waals surface area contributed by atoms with Crippen LogP contribution >= 0.6 is 0 Å². The van der Waals surface area contributed by atoms with Crippen LogP contribution in [0.2, 0.25) is 0 Å². The van der Waals surface area contributed by atoms with Crippen molar-refractivity contribution >= 4 is 23.3 Å². The molecule has 1 aliphatic rings. The Morgan fingerprint density at radius 1 is 1.09 bits per heavy atom. The average Bonchev–Trinajstić information content (AvgIpc) is 3.26. The highest BCUT2D eigenvalue weighted by Crippen LogP contribution is 2.27. The molecule has 0 saturated heterocycles. The van der Waals surface area contributed by atoms with E-state index in [0.717, 1.165) is 48.4 Å². The van der Waals surface area contributed by atoms with Crippen LogP contribution in [0, 0.1) is 12.8 Å². The number of nitrogens with zero attached hydrogens (tertiary/aromatic N) is 5. The van der Waals surface area contributed by atoms with Gasteiger partial charge in [-0.1, -0.05) is 19.3 Å². The van der Waals surface area contributed by atoms with Crippen LogP contribution in [0.4, 0.5) is 11.5 Å². The van der Waals surface area contributed by atoms with E-state index in [1.54, 1.807) is 29.0 Å². The quantitative estimate of drug-likeness (QED) is 0.363. The zero-order valence-electron chi connectivity index (χ0n) is 17.9. The molecule has 1 aromatic carbocycles. The Balaban J connectivity index is 1.35. The molecule has 5 rings (SSSR count). The molecule has 0 atom stereocenters. The van der Waals surface area contributed by atoms with Crippen molar-refractivity contribution in [2.45, 2.75) is 39.0 Å². The van der Waals surface area contributed by atoms with Crippen LogP contribution < -0.4 is 10.1 Å². The van der Waals surface area contributed by atoms with Crippen molar-refractivity contribution in [3.63, 3.8) is 0 Å².